The van der Waals surface area contributed by atoms with Gasteiger partial charge in [0.15, 0.2) is 5.12 Å². The Morgan fingerprint density at radius 1 is 0.966 bits per heavy atom. The molecule has 0 aromatic carbocycles. The number of rotatable bonds is 18. The van der Waals surface area contributed by atoms with Gasteiger partial charge in [-0.2, -0.15) is 0 Å². The van der Waals surface area contributed by atoms with Crippen LogP contribution in [0.4, 0.5) is 0 Å². The number of hydrogen-bond acceptors (Lipinski definition) is 7. The van der Waals surface area contributed by atoms with Crippen molar-refractivity contribution in [2.45, 2.75) is 90.7 Å². The Labute approximate surface area is 182 Å². The molecule has 0 aromatic heterocycles. The highest BCUT2D eigenvalue weighted by molar-refractivity contribution is 8.14. The second-order valence-corrected chi connectivity index (χ2v) is 11.7. The van der Waals surface area contributed by atoms with Gasteiger partial charge in [-0.25, -0.2) is 4.57 Å². The molecule has 1 atom stereocenters. The second-order valence-electron chi connectivity index (χ2n) is 8.48. The van der Waals surface area contributed by atoms with Crippen molar-refractivity contribution in [3.63, 3.8) is 0 Å². The van der Waals surface area contributed by atoms with Crippen molar-refractivity contribution in [1.29, 1.82) is 0 Å². The summed E-state index contributed by atoms with van der Waals surface area (Å²) >= 11 is 1.22. The highest BCUT2D eigenvalue weighted by Crippen LogP contribution is 2.48. The summed E-state index contributed by atoms with van der Waals surface area (Å²) < 4.78 is 32.8. The van der Waals surface area contributed by atoms with Crippen molar-refractivity contribution >= 4 is 24.7 Å². The van der Waals surface area contributed by atoms with Crippen molar-refractivity contribution in [1.82, 2.24) is 0 Å². The van der Waals surface area contributed by atoms with Gasteiger partial charge < -0.3 is 4.74 Å². The molecular weight excluding hydrogens is 411 g/mol. The molecule has 0 amide bonds. The lowest BCUT2D eigenvalue weighted by Gasteiger charge is -2.21. The molecule has 8 heteroatoms. The predicted molar refractivity (Wildman–Crippen MR) is 121 cm³/mol. The fourth-order valence-electron chi connectivity index (χ4n) is 2.53. The van der Waals surface area contributed by atoms with Crippen molar-refractivity contribution in [3.8, 4) is 0 Å². The van der Waals surface area contributed by atoms with E-state index in [9.17, 15) is 9.36 Å². The molecule has 0 saturated heterocycles. The summed E-state index contributed by atoms with van der Waals surface area (Å²) in [7, 11) is -1.01. The van der Waals surface area contributed by atoms with Crippen LogP contribution in [0.15, 0.2) is 0 Å². The third-order valence-corrected chi connectivity index (χ3v) is 6.88. The van der Waals surface area contributed by atoms with Crippen LogP contribution >= 0.6 is 19.6 Å². The summed E-state index contributed by atoms with van der Waals surface area (Å²) in [6.45, 7) is 9.72. The Kier molecular flexibility index (Phi) is 16.8. The average molecular weight is 455 g/mol. The highest BCUT2D eigenvalue weighted by atomic mass is 32.2. The van der Waals surface area contributed by atoms with Crippen molar-refractivity contribution < 1.29 is 27.7 Å². The molecule has 0 unspecified atom stereocenters. The lowest BCUT2D eigenvalue weighted by atomic mass is 9.93. The molecule has 0 aliphatic rings. The Hall–Kier alpha value is 0.0900. The maximum atomic E-state index is 12.4. The first-order valence-corrected chi connectivity index (χ1v) is 13.1. The summed E-state index contributed by atoms with van der Waals surface area (Å²) in [4.78, 5) is 12.4. The van der Waals surface area contributed by atoms with Crippen LogP contribution in [0.25, 0.3) is 0 Å². The first-order valence-electron chi connectivity index (χ1n) is 10.8. The zero-order valence-electron chi connectivity index (χ0n) is 19.4. The normalized spacial score (nSPS) is 13.6. The summed E-state index contributed by atoms with van der Waals surface area (Å²) in [5.74, 6) is 0. The fraction of sp³-hybridized carbons (Fsp3) is 0.952. The lowest BCUT2D eigenvalue weighted by Crippen LogP contribution is -2.22. The van der Waals surface area contributed by atoms with Crippen molar-refractivity contribution in [3.05, 3.63) is 0 Å². The molecule has 0 N–H and O–H groups in total. The van der Waals surface area contributed by atoms with Crippen LogP contribution in [0.1, 0.15) is 85.5 Å². The van der Waals surface area contributed by atoms with Gasteiger partial charge in [-0.05, 0) is 18.3 Å². The molecule has 0 fully saturated rings. The van der Waals surface area contributed by atoms with Crippen molar-refractivity contribution in [2.75, 3.05) is 34.0 Å². The molecule has 174 valence electrons. The Morgan fingerprint density at radius 3 is 2.10 bits per heavy atom. The molecule has 0 rings (SSSR count). The SMILES string of the molecule is CCCCCCCCCC(=O)S[C@H](COCCC(C)(C)C)COP(=O)(OC)OC. The van der Waals surface area contributed by atoms with Crippen LogP contribution in [0, 0.1) is 5.41 Å². The van der Waals surface area contributed by atoms with Gasteiger partial charge in [-0.15, -0.1) is 0 Å². The van der Waals surface area contributed by atoms with Gasteiger partial charge in [-0.1, -0.05) is 78.0 Å². The summed E-state index contributed by atoms with van der Waals surface area (Å²) in [6, 6.07) is 0. The molecule has 0 aliphatic carbocycles. The summed E-state index contributed by atoms with van der Waals surface area (Å²) in [6.07, 6.45) is 9.71. The van der Waals surface area contributed by atoms with Crippen LogP contribution in [0.3, 0.4) is 0 Å². The Morgan fingerprint density at radius 2 is 1.55 bits per heavy atom. The molecule has 6 nitrogen and oxygen atoms in total. The number of unbranched alkanes of at least 4 members (excludes halogenated alkanes) is 6. The molecule has 0 aliphatic heterocycles. The molecule has 29 heavy (non-hydrogen) atoms. The minimum Gasteiger partial charge on any atom is -0.380 e. The first-order chi connectivity index (χ1) is 13.7. The molecule has 0 aromatic rings. The van der Waals surface area contributed by atoms with E-state index >= 15 is 0 Å². The van der Waals surface area contributed by atoms with Crippen LogP contribution in [-0.4, -0.2) is 44.4 Å². The maximum Gasteiger partial charge on any atom is 0.474 e. The smallest absolute Gasteiger partial charge is 0.380 e. The largest absolute Gasteiger partial charge is 0.474 e. The standard InChI is InChI=1S/C21H43O6PS/c1-7-8-9-10-11-12-13-14-20(22)29-19(17-26-16-15-21(2,3)4)18-27-28(23,24-5)25-6/h19H,7-18H2,1-6H3/t19-/m1/s1. The van der Waals surface area contributed by atoms with Gasteiger partial charge in [0.1, 0.15) is 0 Å². The monoisotopic (exact) mass is 454 g/mol. The van der Waals surface area contributed by atoms with Gasteiger partial charge in [0, 0.05) is 27.2 Å². The highest BCUT2D eigenvalue weighted by Gasteiger charge is 2.26. The minimum atomic E-state index is -3.56. The maximum absolute atomic E-state index is 12.4. The Bertz CT molecular complexity index is 459. The van der Waals surface area contributed by atoms with Gasteiger partial charge in [-0.3, -0.25) is 18.4 Å². The van der Waals surface area contributed by atoms with Gasteiger partial charge in [0.2, 0.25) is 0 Å². The quantitative estimate of drug-likeness (QED) is 0.170. The van der Waals surface area contributed by atoms with E-state index in [1.165, 1.54) is 58.1 Å². The van der Waals surface area contributed by atoms with E-state index in [1.54, 1.807) is 0 Å². The van der Waals surface area contributed by atoms with Gasteiger partial charge in [0.25, 0.3) is 0 Å². The molecule has 0 radical (unpaired) electrons. The number of hydrogen-bond donors (Lipinski definition) is 0. The van der Waals surface area contributed by atoms with Crippen LogP contribution < -0.4 is 0 Å². The van der Waals surface area contributed by atoms with Gasteiger partial charge in [0.05, 0.1) is 18.5 Å². The first kappa shape index (κ1) is 29.1. The molecular formula is C21H43O6PS. The van der Waals surface area contributed by atoms with E-state index in [0.717, 1.165) is 19.3 Å². The molecule has 0 heterocycles. The fourth-order valence-corrected chi connectivity index (χ4v) is 4.29. The van der Waals surface area contributed by atoms with E-state index in [2.05, 4.69) is 27.7 Å². The van der Waals surface area contributed by atoms with Crippen LogP contribution in [0.5, 0.6) is 0 Å². The number of ether oxygens (including phenoxy) is 1. The number of thioether (sulfide) groups is 1. The summed E-state index contributed by atoms with van der Waals surface area (Å²) in [5, 5.41) is -0.123. The van der Waals surface area contributed by atoms with Crippen LogP contribution in [0.2, 0.25) is 0 Å². The molecule has 0 bridgehead atoms. The number of carbonyl (C=O) groups excluding carboxylic acids is 1. The third kappa shape index (κ3) is 17.5. The number of carbonyl (C=O) groups is 1. The molecule has 0 spiro atoms. The van der Waals surface area contributed by atoms with Crippen LogP contribution in [-0.2, 0) is 27.7 Å². The number of phosphoric ester groups is 1. The zero-order valence-corrected chi connectivity index (χ0v) is 21.1. The van der Waals surface area contributed by atoms with E-state index in [4.69, 9.17) is 18.3 Å². The topological polar surface area (TPSA) is 71.1 Å². The zero-order chi connectivity index (χ0) is 22.2. The average Bonchev–Trinajstić information content (AvgIpc) is 2.67. The van der Waals surface area contributed by atoms with E-state index in [-0.39, 0.29) is 22.4 Å². The molecule has 0 saturated carbocycles. The van der Waals surface area contributed by atoms with E-state index in [1.807, 2.05) is 0 Å². The van der Waals surface area contributed by atoms with E-state index < -0.39 is 7.82 Å². The third-order valence-electron chi connectivity index (χ3n) is 4.45. The summed E-state index contributed by atoms with van der Waals surface area (Å²) in [5.41, 5.74) is 0.188. The number of phosphoric acid groups is 1. The van der Waals surface area contributed by atoms with E-state index in [0.29, 0.717) is 19.6 Å². The second kappa shape index (κ2) is 16.7. The Balaban J connectivity index is 4.36. The van der Waals surface area contributed by atoms with Gasteiger partial charge >= 0.3 is 7.82 Å². The lowest BCUT2D eigenvalue weighted by molar-refractivity contribution is -0.111. The van der Waals surface area contributed by atoms with Crippen molar-refractivity contribution in [2.24, 2.45) is 5.41 Å². The predicted octanol–water partition coefficient (Wildman–Crippen LogP) is 6.63. The minimum absolute atomic E-state index is 0.0713.